The van der Waals surface area contributed by atoms with Crippen LogP contribution in [-0.2, 0) is 0 Å². The third-order valence-corrected chi connectivity index (χ3v) is 11.1. The number of hydrogen-bond donors (Lipinski definition) is 0. The molecule has 0 saturated heterocycles. The van der Waals surface area contributed by atoms with E-state index in [1.165, 1.54) is 77.2 Å². The van der Waals surface area contributed by atoms with Crippen LogP contribution in [0.4, 0.5) is 17.1 Å². The van der Waals surface area contributed by atoms with Gasteiger partial charge in [-0.15, -0.1) is 0 Å². The van der Waals surface area contributed by atoms with Gasteiger partial charge in [0, 0.05) is 17.1 Å². The van der Waals surface area contributed by atoms with Crippen molar-refractivity contribution >= 4 is 38.6 Å². The van der Waals surface area contributed by atoms with Crippen LogP contribution in [0.2, 0.25) is 0 Å². The lowest BCUT2D eigenvalue weighted by Crippen LogP contribution is -2.10. The van der Waals surface area contributed by atoms with Crippen LogP contribution in [0.1, 0.15) is 0 Å². The molecule has 0 aliphatic heterocycles. The highest BCUT2D eigenvalue weighted by atomic mass is 15.1. The molecule has 10 aromatic carbocycles. The Labute approximate surface area is 334 Å². The summed E-state index contributed by atoms with van der Waals surface area (Å²) in [4.78, 5) is 2.39. The second kappa shape index (κ2) is 15.0. The number of rotatable bonds is 8. The molecule has 0 spiro atoms. The van der Waals surface area contributed by atoms with Gasteiger partial charge in [0.1, 0.15) is 0 Å². The van der Waals surface area contributed by atoms with E-state index in [9.17, 15) is 0 Å². The Morgan fingerprint density at radius 1 is 0.211 bits per heavy atom. The van der Waals surface area contributed by atoms with Crippen molar-refractivity contribution in [1.29, 1.82) is 0 Å². The van der Waals surface area contributed by atoms with E-state index < -0.39 is 0 Å². The molecule has 268 valence electrons. The lowest BCUT2D eigenvalue weighted by atomic mass is 9.89. The molecule has 0 aliphatic carbocycles. The van der Waals surface area contributed by atoms with E-state index in [0.717, 1.165) is 17.1 Å². The van der Waals surface area contributed by atoms with Crippen LogP contribution in [0, 0.1) is 0 Å². The zero-order valence-corrected chi connectivity index (χ0v) is 31.5. The summed E-state index contributed by atoms with van der Waals surface area (Å²) >= 11 is 0. The topological polar surface area (TPSA) is 3.24 Å². The van der Waals surface area contributed by atoms with Gasteiger partial charge in [0.2, 0.25) is 0 Å². The number of fused-ring (bicyclic) bond motifs is 3. The Kier molecular flexibility index (Phi) is 8.95. The number of anilines is 3. The standard InChI is InChI=1S/C56H39N/c1-4-16-40(17-5-1)41-28-32-46(33-29-41)57(47-34-30-44(31-35-47)55-38-45-22-10-11-24-50(45)52-25-14-15-27-54(52)55)48-36-37-51(43-20-8-3-9-21-43)56(39-48)53-26-13-12-23-49(53)42-18-6-2-7-19-42/h1-39H. The Morgan fingerprint density at radius 3 is 1.26 bits per heavy atom. The van der Waals surface area contributed by atoms with Crippen LogP contribution in [0.3, 0.4) is 0 Å². The first-order chi connectivity index (χ1) is 28.3. The van der Waals surface area contributed by atoms with Crippen molar-refractivity contribution in [3.8, 4) is 55.6 Å². The number of hydrogen-bond acceptors (Lipinski definition) is 1. The molecule has 0 heterocycles. The Bertz CT molecular complexity index is 2970. The summed E-state index contributed by atoms with van der Waals surface area (Å²) in [5, 5.41) is 5.06. The fraction of sp³-hybridized carbons (Fsp3) is 0. The third-order valence-electron chi connectivity index (χ3n) is 11.1. The highest BCUT2D eigenvalue weighted by Gasteiger charge is 2.19. The monoisotopic (exact) mass is 725 g/mol. The molecule has 0 atom stereocenters. The Hall–Kier alpha value is -7.48. The van der Waals surface area contributed by atoms with E-state index in [2.05, 4.69) is 241 Å². The highest BCUT2D eigenvalue weighted by molar-refractivity contribution is 6.13. The predicted octanol–water partition coefficient (Wildman–Crippen LogP) is 15.8. The molecule has 0 unspecified atom stereocenters. The molecule has 0 aliphatic rings. The molecule has 0 aromatic heterocycles. The lowest BCUT2D eigenvalue weighted by Gasteiger charge is -2.27. The minimum atomic E-state index is 1.09. The molecule has 0 N–H and O–H groups in total. The molecule has 1 nitrogen and oxygen atoms in total. The summed E-state index contributed by atoms with van der Waals surface area (Å²) in [7, 11) is 0. The Morgan fingerprint density at radius 2 is 0.632 bits per heavy atom. The van der Waals surface area contributed by atoms with Crippen LogP contribution in [0.15, 0.2) is 237 Å². The summed E-state index contributed by atoms with van der Waals surface area (Å²) < 4.78 is 0. The minimum absolute atomic E-state index is 1.09. The van der Waals surface area contributed by atoms with Crippen molar-refractivity contribution in [3.63, 3.8) is 0 Å². The quantitative estimate of drug-likeness (QED) is 0.141. The summed E-state index contributed by atoms with van der Waals surface area (Å²) in [6.45, 7) is 0. The first-order valence-electron chi connectivity index (χ1n) is 19.6. The third kappa shape index (κ3) is 6.56. The summed E-state index contributed by atoms with van der Waals surface area (Å²) in [6, 6.07) is 85.6. The fourth-order valence-corrected chi connectivity index (χ4v) is 8.31. The molecule has 57 heavy (non-hydrogen) atoms. The first kappa shape index (κ1) is 34.0. The first-order valence-corrected chi connectivity index (χ1v) is 19.6. The van der Waals surface area contributed by atoms with Crippen molar-refractivity contribution in [2.75, 3.05) is 4.90 Å². The molecule has 0 amide bonds. The van der Waals surface area contributed by atoms with E-state index in [0.29, 0.717) is 0 Å². The SMILES string of the molecule is c1ccc(-c2ccc(N(c3ccc(-c4cc5ccccc5c5ccccc45)cc3)c3ccc(-c4ccccc4)c(-c4ccccc4-c4ccccc4)c3)cc2)cc1. The van der Waals surface area contributed by atoms with Gasteiger partial charge >= 0.3 is 0 Å². The maximum Gasteiger partial charge on any atom is 0.0468 e. The van der Waals surface area contributed by atoms with Gasteiger partial charge in [-0.2, -0.15) is 0 Å². The van der Waals surface area contributed by atoms with Crippen molar-refractivity contribution in [2.45, 2.75) is 0 Å². The van der Waals surface area contributed by atoms with Crippen molar-refractivity contribution < 1.29 is 0 Å². The second-order valence-corrected chi connectivity index (χ2v) is 14.5. The van der Waals surface area contributed by atoms with Crippen molar-refractivity contribution in [1.82, 2.24) is 0 Å². The largest absolute Gasteiger partial charge is 0.310 e. The molecular formula is C56H39N. The molecule has 10 rings (SSSR count). The van der Waals surface area contributed by atoms with E-state index in [-0.39, 0.29) is 0 Å². The van der Waals surface area contributed by atoms with Crippen LogP contribution in [0.5, 0.6) is 0 Å². The predicted molar refractivity (Wildman–Crippen MR) is 243 cm³/mol. The van der Waals surface area contributed by atoms with Gasteiger partial charge in [-0.05, 0) is 120 Å². The zero-order chi connectivity index (χ0) is 38.0. The zero-order valence-electron chi connectivity index (χ0n) is 31.5. The molecule has 0 fully saturated rings. The summed E-state index contributed by atoms with van der Waals surface area (Å²) in [5.74, 6) is 0. The summed E-state index contributed by atoms with van der Waals surface area (Å²) in [6.07, 6.45) is 0. The van der Waals surface area contributed by atoms with Crippen LogP contribution in [0.25, 0.3) is 77.2 Å². The number of nitrogens with zero attached hydrogens (tertiary/aromatic N) is 1. The van der Waals surface area contributed by atoms with E-state index in [1.54, 1.807) is 0 Å². The summed E-state index contributed by atoms with van der Waals surface area (Å²) in [5.41, 5.74) is 15.3. The van der Waals surface area contributed by atoms with E-state index >= 15 is 0 Å². The van der Waals surface area contributed by atoms with Crippen molar-refractivity contribution in [3.05, 3.63) is 237 Å². The molecular weight excluding hydrogens is 687 g/mol. The van der Waals surface area contributed by atoms with E-state index in [1.807, 2.05) is 0 Å². The Balaban J connectivity index is 1.15. The van der Waals surface area contributed by atoms with Gasteiger partial charge in [-0.25, -0.2) is 0 Å². The van der Waals surface area contributed by atoms with Gasteiger partial charge in [0.15, 0.2) is 0 Å². The fourth-order valence-electron chi connectivity index (χ4n) is 8.31. The normalized spacial score (nSPS) is 11.2. The molecule has 10 aromatic rings. The number of benzene rings is 10. The maximum atomic E-state index is 2.39. The minimum Gasteiger partial charge on any atom is -0.310 e. The van der Waals surface area contributed by atoms with Gasteiger partial charge in [-0.3, -0.25) is 0 Å². The molecule has 0 saturated carbocycles. The van der Waals surface area contributed by atoms with Crippen LogP contribution >= 0.6 is 0 Å². The lowest BCUT2D eigenvalue weighted by molar-refractivity contribution is 1.28. The van der Waals surface area contributed by atoms with Gasteiger partial charge in [-0.1, -0.05) is 194 Å². The van der Waals surface area contributed by atoms with Crippen molar-refractivity contribution in [2.24, 2.45) is 0 Å². The van der Waals surface area contributed by atoms with Gasteiger partial charge in [0.05, 0.1) is 0 Å². The highest BCUT2D eigenvalue weighted by Crippen LogP contribution is 2.44. The van der Waals surface area contributed by atoms with Gasteiger partial charge < -0.3 is 4.90 Å². The van der Waals surface area contributed by atoms with Crippen LogP contribution < -0.4 is 4.90 Å². The average molecular weight is 726 g/mol. The smallest absolute Gasteiger partial charge is 0.0468 e. The molecule has 0 radical (unpaired) electrons. The maximum absolute atomic E-state index is 2.39. The average Bonchev–Trinajstić information content (AvgIpc) is 3.30. The van der Waals surface area contributed by atoms with E-state index in [4.69, 9.17) is 0 Å². The van der Waals surface area contributed by atoms with Gasteiger partial charge in [0.25, 0.3) is 0 Å². The molecule has 1 heteroatoms. The second-order valence-electron chi connectivity index (χ2n) is 14.5. The van der Waals surface area contributed by atoms with Crippen LogP contribution in [-0.4, -0.2) is 0 Å². The molecule has 0 bridgehead atoms.